The first-order chi connectivity index (χ1) is 8.70. The molecular weight excluding hydrogens is 232 g/mol. The molecule has 1 aromatic carbocycles. The minimum atomic E-state index is -0.142. The van der Waals surface area contributed by atoms with Crippen molar-refractivity contribution in [2.45, 2.75) is 13.0 Å². The predicted molar refractivity (Wildman–Crippen MR) is 65.9 cm³/mol. The minimum Gasteiger partial charge on any atom is -0.392 e. The molecule has 18 heavy (non-hydrogen) atoms. The van der Waals surface area contributed by atoms with Gasteiger partial charge in [-0.2, -0.15) is 0 Å². The second-order valence-electron chi connectivity index (χ2n) is 4.29. The van der Waals surface area contributed by atoms with Crippen molar-refractivity contribution < 1.29 is 14.7 Å². The number of nitrogens with zero attached hydrogens (tertiary/aromatic N) is 1. The second-order valence-corrected chi connectivity index (χ2v) is 4.29. The van der Waals surface area contributed by atoms with Gasteiger partial charge in [-0.1, -0.05) is 12.1 Å². The van der Waals surface area contributed by atoms with E-state index in [0.29, 0.717) is 18.7 Å². The Kier molecular flexibility index (Phi) is 3.94. The fourth-order valence-corrected chi connectivity index (χ4v) is 1.91. The Balaban J connectivity index is 2.11. The number of aliphatic hydroxyl groups excluding tert-OH is 1. The SMILES string of the molecule is O=C1CN(C(=O)c2ccc(CO)cc2)CCCN1. The van der Waals surface area contributed by atoms with E-state index in [1.807, 2.05) is 0 Å². The van der Waals surface area contributed by atoms with Crippen LogP contribution in [0.2, 0.25) is 0 Å². The highest BCUT2D eigenvalue weighted by Crippen LogP contribution is 2.09. The lowest BCUT2D eigenvalue weighted by atomic mass is 10.1. The van der Waals surface area contributed by atoms with Crippen LogP contribution in [-0.4, -0.2) is 41.5 Å². The van der Waals surface area contributed by atoms with Crippen LogP contribution in [0, 0.1) is 0 Å². The minimum absolute atomic E-state index is 0.0411. The first-order valence-corrected chi connectivity index (χ1v) is 5.96. The van der Waals surface area contributed by atoms with Crippen molar-refractivity contribution in [2.24, 2.45) is 0 Å². The molecule has 0 unspecified atom stereocenters. The monoisotopic (exact) mass is 248 g/mol. The van der Waals surface area contributed by atoms with Gasteiger partial charge in [-0.25, -0.2) is 0 Å². The third-order valence-electron chi connectivity index (χ3n) is 2.93. The average molecular weight is 248 g/mol. The Bertz CT molecular complexity index is 442. The van der Waals surface area contributed by atoms with Gasteiger partial charge in [0.05, 0.1) is 13.2 Å². The molecule has 0 spiro atoms. The van der Waals surface area contributed by atoms with Gasteiger partial charge in [0.2, 0.25) is 5.91 Å². The van der Waals surface area contributed by atoms with Gasteiger partial charge in [0.15, 0.2) is 0 Å². The largest absolute Gasteiger partial charge is 0.392 e. The standard InChI is InChI=1S/C13H16N2O3/c16-9-10-2-4-11(5-3-10)13(18)15-7-1-6-14-12(17)8-15/h2-5,16H,1,6-9H2,(H,14,17). The maximum atomic E-state index is 12.2. The molecule has 2 rings (SSSR count). The van der Waals surface area contributed by atoms with Gasteiger partial charge in [-0.15, -0.1) is 0 Å². The number of carbonyl (C=O) groups excluding carboxylic acids is 2. The molecule has 0 aromatic heterocycles. The van der Waals surface area contributed by atoms with E-state index in [0.717, 1.165) is 12.0 Å². The summed E-state index contributed by atoms with van der Waals surface area (Å²) >= 11 is 0. The summed E-state index contributed by atoms with van der Waals surface area (Å²) in [5.41, 5.74) is 1.31. The number of hydrogen-bond donors (Lipinski definition) is 2. The van der Waals surface area contributed by atoms with E-state index in [-0.39, 0.29) is 25.0 Å². The van der Waals surface area contributed by atoms with E-state index < -0.39 is 0 Å². The Morgan fingerprint density at radius 1 is 1.33 bits per heavy atom. The van der Waals surface area contributed by atoms with Crippen LogP contribution in [0.3, 0.4) is 0 Å². The number of amides is 2. The number of benzene rings is 1. The molecule has 2 N–H and O–H groups in total. The lowest BCUT2D eigenvalue weighted by Gasteiger charge is -2.19. The summed E-state index contributed by atoms with van der Waals surface area (Å²) in [4.78, 5) is 25.1. The van der Waals surface area contributed by atoms with E-state index >= 15 is 0 Å². The first kappa shape index (κ1) is 12.6. The molecule has 0 atom stereocenters. The van der Waals surface area contributed by atoms with Crippen LogP contribution in [0.5, 0.6) is 0 Å². The number of rotatable bonds is 2. The van der Waals surface area contributed by atoms with Gasteiger partial charge in [0, 0.05) is 18.7 Å². The highest BCUT2D eigenvalue weighted by molar-refractivity contribution is 5.96. The number of aliphatic hydroxyl groups is 1. The van der Waals surface area contributed by atoms with Gasteiger partial charge in [0.1, 0.15) is 0 Å². The van der Waals surface area contributed by atoms with Gasteiger partial charge in [-0.05, 0) is 24.1 Å². The van der Waals surface area contributed by atoms with Crippen LogP contribution in [0.1, 0.15) is 22.3 Å². The number of hydrogen-bond acceptors (Lipinski definition) is 3. The van der Waals surface area contributed by atoms with Crippen molar-refractivity contribution in [1.29, 1.82) is 0 Å². The van der Waals surface area contributed by atoms with Crippen LogP contribution in [0.15, 0.2) is 24.3 Å². The normalized spacial score (nSPS) is 16.1. The summed E-state index contributed by atoms with van der Waals surface area (Å²) < 4.78 is 0. The summed E-state index contributed by atoms with van der Waals surface area (Å²) in [6.07, 6.45) is 0.770. The number of carbonyl (C=O) groups is 2. The topological polar surface area (TPSA) is 69.6 Å². The summed E-state index contributed by atoms with van der Waals surface area (Å²) in [5.74, 6) is -0.260. The highest BCUT2D eigenvalue weighted by Gasteiger charge is 2.20. The summed E-state index contributed by atoms with van der Waals surface area (Å²) in [5, 5.41) is 11.7. The molecular formula is C13H16N2O3. The molecule has 5 nitrogen and oxygen atoms in total. The van der Waals surface area contributed by atoms with Crippen molar-refractivity contribution >= 4 is 11.8 Å². The molecule has 0 radical (unpaired) electrons. The molecule has 1 aliphatic heterocycles. The van der Waals surface area contributed by atoms with Crippen LogP contribution >= 0.6 is 0 Å². The Morgan fingerprint density at radius 3 is 2.72 bits per heavy atom. The van der Waals surface area contributed by atoms with E-state index in [1.165, 1.54) is 0 Å². The zero-order chi connectivity index (χ0) is 13.0. The zero-order valence-electron chi connectivity index (χ0n) is 10.1. The van der Waals surface area contributed by atoms with Gasteiger partial charge < -0.3 is 15.3 Å². The van der Waals surface area contributed by atoms with Crippen molar-refractivity contribution in [3.05, 3.63) is 35.4 Å². The average Bonchev–Trinajstić information content (AvgIpc) is 2.63. The quantitative estimate of drug-likeness (QED) is 0.782. The Hall–Kier alpha value is -1.88. The fourth-order valence-electron chi connectivity index (χ4n) is 1.91. The van der Waals surface area contributed by atoms with Crippen molar-refractivity contribution in [3.63, 3.8) is 0 Å². The summed E-state index contributed by atoms with van der Waals surface area (Å²) in [6, 6.07) is 6.78. The van der Waals surface area contributed by atoms with Crippen LogP contribution < -0.4 is 5.32 Å². The maximum Gasteiger partial charge on any atom is 0.254 e. The molecule has 1 aromatic rings. The molecule has 1 aliphatic rings. The zero-order valence-corrected chi connectivity index (χ0v) is 10.1. The first-order valence-electron chi connectivity index (χ1n) is 5.96. The Labute approximate surface area is 105 Å². The molecule has 1 heterocycles. The third-order valence-corrected chi connectivity index (χ3v) is 2.93. The summed E-state index contributed by atoms with van der Waals surface area (Å²) in [7, 11) is 0. The van der Waals surface area contributed by atoms with Crippen molar-refractivity contribution in [2.75, 3.05) is 19.6 Å². The molecule has 5 heteroatoms. The predicted octanol–water partition coefficient (Wildman–Crippen LogP) is 0.141. The van der Waals surface area contributed by atoms with Gasteiger partial charge in [0.25, 0.3) is 5.91 Å². The van der Waals surface area contributed by atoms with Crippen LogP contribution in [-0.2, 0) is 11.4 Å². The number of nitrogens with one attached hydrogen (secondary N) is 1. The van der Waals surface area contributed by atoms with Crippen LogP contribution in [0.25, 0.3) is 0 Å². The molecule has 0 bridgehead atoms. The second kappa shape index (κ2) is 5.64. The fraction of sp³-hybridized carbons (Fsp3) is 0.385. The smallest absolute Gasteiger partial charge is 0.254 e. The maximum absolute atomic E-state index is 12.2. The van der Waals surface area contributed by atoms with E-state index in [9.17, 15) is 9.59 Å². The lowest BCUT2D eigenvalue weighted by molar-refractivity contribution is -0.121. The van der Waals surface area contributed by atoms with Crippen molar-refractivity contribution in [3.8, 4) is 0 Å². The van der Waals surface area contributed by atoms with E-state index in [2.05, 4.69) is 5.32 Å². The molecule has 96 valence electrons. The molecule has 1 fully saturated rings. The lowest BCUT2D eigenvalue weighted by Crippen LogP contribution is -2.37. The van der Waals surface area contributed by atoms with E-state index in [4.69, 9.17) is 5.11 Å². The van der Waals surface area contributed by atoms with E-state index in [1.54, 1.807) is 29.2 Å². The highest BCUT2D eigenvalue weighted by atomic mass is 16.3. The molecule has 1 saturated heterocycles. The van der Waals surface area contributed by atoms with Crippen LogP contribution in [0.4, 0.5) is 0 Å². The molecule has 2 amide bonds. The molecule has 0 saturated carbocycles. The Morgan fingerprint density at radius 2 is 2.06 bits per heavy atom. The van der Waals surface area contributed by atoms with Gasteiger partial charge in [-0.3, -0.25) is 9.59 Å². The van der Waals surface area contributed by atoms with Gasteiger partial charge >= 0.3 is 0 Å². The molecule has 0 aliphatic carbocycles. The third kappa shape index (κ3) is 2.87. The summed E-state index contributed by atoms with van der Waals surface area (Å²) in [6.45, 7) is 1.27. The van der Waals surface area contributed by atoms with Crippen molar-refractivity contribution in [1.82, 2.24) is 10.2 Å².